The summed E-state index contributed by atoms with van der Waals surface area (Å²) in [5.41, 5.74) is 0. The number of alkyl halides is 2. The Labute approximate surface area is 66.1 Å². The highest BCUT2D eigenvalue weighted by Crippen LogP contribution is 2.20. The van der Waals surface area contributed by atoms with Crippen LogP contribution in [0.25, 0.3) is 0 Å². The zero-order valence-electron chi connectivity index (χ0n) is 5.45. The average molecular weight is 169 g/mol. The second kappa shape index (κ2) is 3.09. The van der Waals surface area contributed by atoms with Gasteiger partial charge in [0.15, 0.2) is 12.0 Å². The molecule has 0 radical (unpaired) electrons. The van der Waals surface area contributed by atoms with Gasteiger partial charge in [-0.25, -0.2) is 0 Å². The molecule has 54 valence electrons. The largest absolute Gasteiger partial charge is 0.298 e. The summed E-state index contributed by atoms with van der Waals surface area (Å²) in [6.45, 7) is 2.35. The lowest BCUT2D eigenvalue weighted by Crippen LogP contribution is -2.42. The second-order valence-corrected chi connectivity index (χ2v) is 3.21. The fourth-order valence-corrected chi connectivity index (χ4v) is 2.01. The molecule has 0 aromatic carbocycles. The first-order chi connectivity index (χ1) is 4.33. The van der Waals surface area contributed by atoms with Crippen molar-refractivity contribution in [1.29, 1.82) is 0 Å². The number of nitrogens with zero attached hydrogens (tertiary/aromatic N) is 1. The van der Waals surface area contributed by atoms with E-state index in [1.807, 2.05) is 0 Å². The van der Waals surface area contributed by atoms with Crippen LogP contribution >= 0.6 is 23.2 Å². The van der Waals surface area contributed by atoms with E-state index in [4.69, 9.17) is 23.2 Å². The summed E-state index contributed by atoms with van der Waals surface area (Å²) in [7, 11) is 0. The zero-order valence-corrected chi connectivity index (χ0v) is 6.96. The zero-order chi connectivity index (χ0) is 6.74. The normalized spacial score (nSPS) is 24.7. The Kier molecular flexibility index (Phi) is 2.62. The van der Waals surface area contributed by atoms with Gasteiger partial charge in [-0.1, -0.05) is 23.2 Å². The molecule has 0 bridgehead atoms. The fourth-order valence-electron chi connectivity index (χ4n) is 1.28. The number of quaternary nitrogens is 1. The van der Waals surface area contributed by atoms with E-state index in [0.717, 1.165) is 4.48 Å². The molecule has 0 spiro atoms. The predicted molar refractivity (Wildman–Crippen MR) is 40.7 cm³/mol. The van der Waals surface area contributed by atoms with Gasteiger partial charge >= 0.3 is 0 Å². The molecule has 1 aliphatic rings. The number of halogens is 2. The highest BCUT2D eigenvalue weighted by atomic mass is 35.5. The maximum Gasteiger partial charge on any atom is 0.155 e. The monoisotopic (exact) mass is 168 g/mol. The van der Waals surface area contributed by atoms with Crippen LogP contribution < -0.4 is 0 Å². The van der Waals surface area contributed by atoms with Gasteiger partial charge in [0.05, 0.1) is 13.1 Å². The summed E-state index contributed by atoms with van der Waals surface area (Å²) in [5, 5.41) is 0. The molecule has 1 nitrogen and oxygen atoms in total. The molecule has 0 amide bonds. The van der Waals surface area contributed by atoms with Crippen molar-refractivity contribution in [1.82, 2.24) is 0 Å². The maximum atomic E-state index is 5.75. The van der Waals surface area contributed by atoms with Gasteiger partial charge in [0.1, 0.15) is 0 Å². The van der Waals surface area contributed by atoms with Crippen LogP contribution in [-0.4, -0.2) is 29.6 Å². The highest BCUT2D eigenvalue weighted by molar-refractivity contribution is 6.18. The standard InChI is InChI=1S/C6H12Cl2N/c7-5-9(6-8)3-1-2-4-9/h1-6H2/q+1. The number of hydrogen-bond acceptors (Lipinski definition) is 0. The molecule has 0 saturated carbocycles. The van der Waals surface area contributed by atoms with E-state index in [0.29, 0.717) is 12.0 Å². The third-order valence-corrected chi connectivity index (χ3v) is 3.04. The minimum Gasteiger partial charge on any atom is -0.298 e. The molecule has 0 aromatic rings. The topological polar surface area (TPSA) is 0 Å². The van der Waals surface area contributed by atoms with E-state index in [2.05, 4.69) is 0 Å². The SMILES string of the molecule is ClC[N+]1(CCl)CCCC1. The fraction of sp³-hybridized carbons (Fsp3) is 1.00. The molecule has 1 aliphatic heterocycles. The van der Waals surface area contributed by atoms with Crippen LogP contribution in [0.5, 0.6) is 0 Å². The van der Waals surface area contributed by atoms with Crippen molar-refractivity contribution in [3.8, 4) is 0 Å². The van der Waals surface area contributed by atoms with Gasteiger partial charge in [0.25, 0.3) is 0 Å². The Balaban J connectivity index is 2.45. The third kappa shape index (κ3) is 1.51. The van der Waals surface area contributed by atoms with Crippen LogP contribution in [0.15, 0.2) is 0 Å². The van der Waals surface area contributed by atoms with Crippen LogP contribution in [0.2, 0.25) is 0 Å². The lowest BCUT2D eigenvalue weighted by molar-refractivity contribution is -0.895. The van der Waals surface area contributed by atoms with Gasteiger partial charge in [-0.2, -0.15) is 0 Å². The molecule has 3 heteroatoms. The summed E-state index contributed by atoms with van der Waals surface area (Å²) in [6, 6.07) is 1.37. The number of hydrogen-bond donors (Lipinski definition) is 0. The van der Waals surface area contributed by atoms with Crippen molar-refractivity contribution in [2.24, 2.45) is 0 Å². The van der Waals surface area contributed by atoms with Gasteiger partial charge in [-0.15, -0.1) is 0 Å². The van der Waals surface area contributed by atoms with Crippen molar-refractivity contribution in [2.75, 3.05) is 25.1 Å². The van der Waals surface area contributed by atoms with E-state index in [1.54, 1.807) is 0 Å². The Morgan fingerprint density at radius 1 is 1.00 bits per heavy atom. The first-order valence-electron chi connectivity index (χ1n) is 3.30. The minimum absolute atomic E-state index is 0.684. The van der Waals surface area contributed by atoms with Crippen LogP contribution in [0.4, 0.5) is 0 Å². The van der Waals surface area contributed by atoms with Crippen LogP contribution in [0.1, 0.15) is 12.8 Å². The molecule has 0 aliphatic carbocycles. The van der Waals surface area contributed by atoms with Gasteiger partial charge in [-0.05, 0) is 0 Å². The van der Waals surface area contributed by atoms with Crippen molar-refractivity contribution >= 4 is 23.2 Å². The predicted octanol–water partition coefficient (Wildman–Crippen LogP) is 1.99. The lowest BCUT2D eigenvalue weighted by atomic mass is 10.4. The average Bonchev–Trinajstić information content (AvgIpc) is 2.36. The molecule has 0 aromatic heterocycles. The Morgan fingerprint density at radius 2 is 1.44 bits per heavy atom. The van der Waals surface area contributed by atoms with Crippen molar-refractivity contribution in [3.63, 3.8) is 0 Å². The molecular weight excluding hydrogens is 157 g/mol. The van der Waals surface area contributed by atoms with E-state index in [1.165, 1.54) is 25.9 Å². The molecule has 1 saturated heterocycles. The number of rotatable bonds is 2. The van der Waals surface area contributed by atoms with Gasteiger partial charge < -0.3 is 0 Å². The molecule has 9 heavy (non-hydrogen) atoms. The van der Waals surface area contributed by atoms with E-state index in [9.17, 15) is 0 Å². The first-order valence-corrected chi connectivity index (χ1v) is 4.37. The molecule has 1 heterocycles. The highest BCUT2D eigenvalue weighted by Gasteiger charge is 2.29. The van der Waals surface area contributed by atoms with Gasteiger partial charge in [-0.3, -0.25) is 4.48 Å². The molecular formula is C6H12Cl2N+. The second-order valence-electron chi connectivity index (χ2n) is 2.74. The van der Waals surface area contributed by atoms with E-state index in [-0.39, 0.29) is 0 Å². The summed E-state index contributed by atoms with van der Waals surface area (Å²) in [5.74, 6) is 0. The third-order valence-electron chi connectivity index (χ3n) is 2.02. The van der Waals surface area contributed by atoms with E-state index < -0.39 is 0 Å². The molecule has 0 atom stereocenters. The maximum absolute atomic E-state index is 5.75. The van der Waals surface area contributed by atoms with Crippen LogP contribution in [-0.2, 0) is 0 Å². The Bertz CT molecular complexity index is 83.1. The molecule has 0 unspecified atom stereocenters. The summed E-state index contributed by atoms with van der Waals surface area (Å²) < 4.78 is 0.920. The quantitative estimate of drug-likeness (QED) is 0.337. The Hall–Kier alpha value is 0.540. The van der Waals surface area contributed by atoms with E-state index >= 15 is 0 Å². The van der Waals surface area contributed by atoms with Crippen molar-refractivity contribution in [3.05, 3.63) is 0 Å². The first kappa shape index (κ1) is 7.64. The summed E-state index contributed by atoms with van der Waals surface area (Å²) >= 11 is 11.5. The number of likely N-dealkylation sites (tertiary alicyclic amines) is 1. The molecule has 1 rings (SSSR count). The van der Waals surface area contributed by atoms with Crippen LogP contribution in [0.3, 0.4) is 0 Å². The molecule has 0 N–H and O–H groups in total. The Morgan fingerprint density at radius 3 is 1.67 bits per heavy atom. The smallest absolute Gasteiger partial charge is 0.155 e. The summed E-state index contributed by atoms with van der Waals surface area (Å²) in [4.78, 5) is 0. The van der Waals surface area contributed by atoms with Crippen LogP contribution in [0, 0.1) is 0 Å². The summed E-state index contributed by atoms with van der Waals surface area (Å²) in [6.07, 6.45) is 2.58. The van der Waals surface area contributed by atoms with Gasteiger partial charge in [0, 0.05) is 12.8 Å². The lowest BCUT2D eigenvalue weighted by Gasteiger charge is -2.28. The van der Waals surface area contributed by atoms with Crippen molar-refractivity contribution in [2.45, 2.75) is 12.8 Å². The molecule has 1 fully saturated rings. The van der Waals surface area contributed by atoms with Gasteiger partial charge in [0.2, 0.25) is 0 Å². The van der Waals surface area contributed by atoms with Crippen molar-refractivity contribution < 1.29 is 4.48 Å². The minimum atomic E-state index is 0.684.